The van der Waals surface area contributed by atoms with Gasteiger partial charge < -0.3 is 14.2 Å². The third-order valence-electron chi connectivity index (χ3n) is 5.90. The Kier molecular flexibility index (Phi) is 3.36. The number of hydrogen-bond acceptors (Lipinski definition) is 7. The van der Waals surface area contributed by atoms with Crippen molar-refractivity contribution in [2.24, 2.45) is 5.41 Å². The van der Waals surface area contributed by atoms with E-state index in [2.05, 4.69) is 15.8 Å². The average Bonchev–Trinajstić information content (AvgIpc) is 3.08. The first-order valence-electron chi connectivity index (χ1n) is 8.95. The third kappa shape index (κ3) is 2.03. The van der Waals surface area contributed by atoms with Crippen molar-refractivity contribution in [2.45, 2.75) is 44.8 Å². The molecule has 4 unspecified atom stereocenters. The molecule has 1 spiro atoms. The fraction of sp³-hybridized carbons (Fsp3) is 0.444. The number of halogens is 1. The maximum Gasteiger partial charge on any atom is 0.328 e. The molecule has 0 saturated carbocycles. The van der Waals surface area contributed by atoms with E-state index in [4.69, 9.17) is 9.26 Å². The number of aromatic nitrogens is 1. The molecule has 3 aliphatic heterocycles. The summed E-state index contributed by atoms with van der Waals surface area (Å²) in [5, 5.41) is 8.76. The molecule has 146 valence electrons. The lowest BCUT2D eigenvalue weighted by Gasteiger charge is -2.56. The van der Waals surface area contributed by atoms with E-state index in [9.17, 15) is 14.4 Å². The van der Waals surface area contributed by atoms with Crippen LogP contribution in [0.2, 0.25) is 0 Å². The lowest BCUT2D eigenvalue weighted by Crippen LogP contribution is -2.76. The van der Waals surface area contributed by atoms with Gasteiger partial charge in [0.2, 0.25) is 11.8 Å². The number of nitrogens with one attached hydrogen (secondary N) is 2. The molecule has 2 fully saturated rings. The minimum atomic E-state index is -1.71. The van der Waals surface area contributed by atoms with Gasteiger partial charge in [-0.25, -0.2) is 9.18 Å². The molecular weight excluding hydrogens is 371 g/mol. The van der Waals surface area contributed by atoms with Crippen molar-refractivity contribution in [3.63, 3.8) is 0 Å². The fourth-order valence-corrected chi connectivity index (χ4v) is 4.74. The number of anilines is 1. The number of ether oxygens (including phenoxy) is 1. The summed E-state index contributed by atoms with van der Waals surface area (Å²) in [5.74, 6) is -1.52. The van der Waals surface area contributed by atoms with Crippen LogP contribution in [-0.2, 0) is 20.7 Å². The number of fused-ring (bicyclic) bond motifs is 5. The molecule has 4 atom stereocenters. The number of amides is 4. The number of nitrogens with zero attached hydrogens (tertiary/aromatic N) is 2. The highest BCUT2D eigenvalue weighted by Gasteiger charge is 2.64. The van der Waals surface area contributed by atoms with E-state index in [-0.39, 0.29) is 6.42 Å². The van der Waals surface area contributed by atoms with Gasteiger partial charge in [-0.05, 0) is 31.9 Å². The monoisotopic (exact) mass is 388 g/mol. The van der Waals surface area contributed by atoms with Crippen molar-refractivity contribution >= 4 is 34.5 Å². The van der Waals surface area contributed by atoms with Gasteiger partial charge in [-0.3, -0.25) is 20.2 Å². The van der Waals surface area contributed by atoms with Crippen LogP contribution >= 0.6 is 0 Å². The van der Waals surface area contributed by atoms with Crippen molar-refractivity contribution in [1.29, 1.82) is 0 Å². The quantitative estimate of drug-likeness (QED) is 0.511. The van der Waals surface area contributed by atoms with Gasteiger partial charge in [0.05, 0.1) is 18.3 Å². The highest BCUT2D eigenvalue weighted by molar-refractivity contribution is 6.20. The summed E-state index contributed by atoms with van der Waals surface area (Å²) in [6, 6.07) is 1.56. The second-order valence-electron chi connectivity index (χ2n) is 7.50. The van der Waals surface area contributed by atoms with E-state index in [0.717, 1.165) is 0 Å². The Morgan fingerprint density at radius 3 is 2.61 bits per heavy atom. The molecule has 2 N–H and O–H groups in total. The Morgan fingerprint density at radius 1 is 1.18 bits per heavy atom. The number of imide groups is 2. The third-order valence-corrected chi connectivity index (χ3v) is 5.90. The summed E-state index contributed by atoms with van der Waals surface area (Å²) < 4.78 is 26.3. The Balaban J connectivity index is 1.78. The topological polar surface area (TPSA) is 114 Å². The van der Waals surface area contributed by atoms with Gasteiger partial charge in [-0.1, -0.05) is 5.16 Å². The van der Waals surface area contributed by atoms with Crippen LogP contribution in [-0.4, -0.2) is 47.5 Å². The van der Waals surface area contributed by atoms with E-state index >= 15 is 4.39 Å². The second kappa shape index (κ2) is 5.51. The first-order valence-corrected chi connectivity index (χ1v) is 8.95. The lowest BCUT2D eigenvalue weighted by atomic mass is 9.66. The fourth-order valence-electron chi connectivity index (χ4n) is 4.74. The van der Waals surface area contributed by atoms with Crippen LogP contribution in [0.3, 0.4) is 0 Å². The summed E-state index contributed by atoms with van der Waals surface area (Å²) in [6.07, 6.45) is -1.53. The van der Waals surface area contributed by atoms with Crippen LogP contribution in [0, 0.1) is 5.41 Å². The van der Waals surface area contributed by atoms with Gasteiger partial charge in [0.25, 0.3) is 0 Å². The van der Waals surface area contributed by atoms with Crippen molar-refractivity contribution in [3.8, 4) is 0 Å². The average molecular weight is 388 g/mol. The number of carbonyl (C=O) groups is 3. The molecule has 3 aliphatic rings. The molecular formula is C18H17FN4O5. The Morgan fingerprint density at radius 2 is 1.89 bits per heavy atom. The van der Waals surface area contributed by atoms with Crippen LogP contribution in [0.25, 0.3) is 11.0 Å². The first kappa shape index (κ1) is 17.1. The lowest BCUT2D eigenvalue weighted by molar-refractivity contribution is -0.159. The van der Waals surface area contributed by atoms with E-state index in [1.165, 1.54) is 11.1 Å². The minimum absolute atomic E-state index is 0.00956. The number of barbiturate groups is 1. The molecule has 5 rings (SSSR count). The molecule has 2 aromatic rings. The minimum Gasteiger partial charge on any atom is -0.368 e. The highest BCUT2D eigenvalue weighted by Crippen LogP contribution is 2.49. The standard InChI is InChI=1S/C18H17FN4O5/c1-7-13-18(15(24)21-17(26)22-16(18)25)5-9-3-10-6-20-28-12(10)4-11(9)23(13)14(19)8(2)27-7/h3-4,6-8,13-14H,5H2,1-2H3,(H2,21,22,24,25,26). The van der Waals surface area contributed by atoms with Gasteiger partial charge in [0.1, 0.15) is 6.10 Å². The molecule has 0 bridgehead atoms. The van der Waals surface area contributed by atoms with E-state index in [1.54, 1.807) is 26.0 Å². The molecule has 4 heterocycles. The largest absolute Gasteiger partial charge is 0.368 e. The normalized spacial score (nSPS) is 31.4. The zero-order chi connectivity index (χ0) is 19.8. The van der Waals surface area contributed by atoms with Gasteiger partial charge in [0, 0.05) is 17.1 Å². The molecule has 1 aromatic carbocycles. The van der Waals surface area contributed by atoms with Crippen molar-refractivity contribution < 1.29 is 28.0 Å². The van der Waals surface area contributed by atoms with E-state index in [0.29, 0.717) is 22.2 Å². The summed E-state index contributed by atoms with van der Waals surface area (Å²) >= 11 is 0. The number of rotatable bonds is 0. The molecule has 0 radical (unpaired) electrons. The van der Waals surface area contributed by atoms with Crippen LogP contribution in [0.5, 0.6) is 0 Å². The molecule has 9 nitrogen and oxygen atoms in total. The van der Waals surface area contributed by atoms with Crippen molar-refractivity contribution in [3.05, 3.63) is 23.9 Å². The highest BCUT2D eigenvalue weighted by atomic mass is 19.1. The molecule has 2 saturated heterocycles. The number of morpholine rings is 1. The van der Waals surface area contributed by atoms with Gasteiger partial charge in [0.15, 0.2) is 17.3 Å². The number of hydrogen-bond donors (Lipinski definition) is 2. The Labute approximate surface area is 158 Å². The molecule has 28 heavy (non-hydrogen) atoms. The molecule has 1 aromatic heterocycles. The summed E-state index contributed by atoms with van der Waals surface area (Å²) in [4.78, 5) is 39.0. The predicted molar refractivity (Wildman–Crippen MR) is 93.0 cm³/mol. The summed E-state index contributed by atoms with van der Waals surface area (Å²) in [7, 11) is 0. The predicted octanol–water partition coefficient (Wildman–Crippen LogP) is 1.01. The maximum atomic E-state index is 15.4. The number of benzene rings is 1. The van der Waals surface area contributed by atoms with Crippen molar-refractivity contribution in [1.82, 2.24) is 15.8 Å². The number of urea groups is 1. The van der Waals surface area contributed by atoms with E-state index in [1.807, 2.05) is 0 Å². The van der Waals surface area contributed by atoms with Crippen LogP contribution in [0.15, 0.2) is 22.9 Å². The SMILES string of the molecule is CC1OC(C)C2N(c3cc4oncc4cc3CC23C(=O)NC(=O)NC3=O)C1F. The molecule has 0 aliphatic carbocycles. The number of alkyl halides is 1. The van der Waals surface area contributed by atoms with Crippen molar-refractivity contribution in [2.75, 3.05) is 4.90 Å². The van der Waals surface area contributed by atoms with Crippen LogP contribution < -0.4 is 15.5 Å². The maximum absolute atomic E-state index is 15.4. The zero-order valence-corrected chi connectivity index (χ0v) is 15.1. The second-order valence-corrected chi connectivity index (χ2v) is 7.50. The van der Waals surface area contributed by atoms with Gasteiger partial charge in [-0.15, -0.1) is 0 Å². The van der Waals surface area contributed by atoms with Gasteiger partial charge in [-0.2, -0.15) is 0 Å². The number of carbonyl (C=O) groups excluding carboxylic acids is 3. The zero-order valence-electron chi connectivity index (χ0n) is 15.1. The smallest absolute Gasteiger partial charge is 0.328 e. The molecule has 10 heteroatoms. The first-order chi connectivity index (χ1) is 13.3. The Hall–Kier alpha value is -3.01. The summed E-state index contributed by atoms with van der Waals surface area (Å²) in [5.41, 5.74) is -0.127. The van der Waals surface area contributed by atoms with Crippen LogP contribution in [0.1, 0.15) is 19.4 Å². The summed E-state index contributed by atoms with van der Waals surface area (Å²) in [6.45, 7) is 3.28. The van der Waals surface area contributed by atoms with Gasteiger partial charge >= 0.3 is 6.03 Å². The molecule has 4 amide bonds. The van der Waals surface area contributed by atoms with E-state index < -0.39 is 47.8 Å². The Bertz CT molecular complexity index is 1020. The van der Waals surface area contributed by atoms with Crippen LogP contribution in [0.4, 0.5) is 14.9 Å².